The fourth-order valence-electron chi connectivity index (χ4n) is 4.95. The molecule has 0 aromatic rings. The van der Waals surface area contributed by atoms with E-state index in [0.717, 1.165) is 38.8 Å². The molecule has 3 aliphatic rings. The van der Waals surface area contributed by atoms with Crippen LogP contribution in [0.15, 0.2) is 0 Å². The molecule has 0 bridgehead atoms. The lowest BCUT2D eigenvalue weighted by Gasteiger charge is -2.49. The molecule has 1 N–H and O–H groups in total. The molecule has 3 fully saturated rings. The summed E-state index contributed by atoms with van der Waals surface area (Å²) in [6, 6.07) is 0.254. The lowest BCUT2D eigenvalue weighted by atomic mass is 9.81. The van der Waals surface area contributed by atoms with E-state index in [1.165, 1.54) is 0 Å². The van der Waals surface area contributed by atoms with E-state index in [4.69, 9.17) is 9.47 Å². The zero-order valence-electron chi connectivity index (χ0n) is 18.2. The van der Waals surface area contributed by atoms with Crippen LogP contribution >= 0.6 is 0 Å². The van der Waals surface area contributed by atoms with Gasteiger partial charge in [0.05, 0.1) is 17.8 Å². The summed E-state index contributed by atoms with van der Waals surface area (Å²) in [5.74, 6) is 0.112. The Morgan fingerprint density at radius 2 is 1.83 bits per heavy atom. The largest absolute Gasteiger partial charge is 0.450 e. The van der Waals surface area contributed by atoms with Gasteiger partial charge < -0.3 is 29.3 Å². The zero-order chi connectivity index (χ0) is 21.1. The molecule has 0 unspecified atom stereocenters. The first-order chi connectivity index (χ1) is 13.8. The quantitative estimate of drug-likeness (QED) is 0.754. The van der Waals surface area contributed by atoms with Gasteiger partial charge in [0.15, 0.2) is 0 Å². The van der Waals surface area contributed by atoms with Crippen molar-refractivity contribution in [3.05, 3.63) is 0 Å². The van der Waals surface area contributed by atoms with E-state index in [2.05, 4.69) is 4.90 Å². The molecule has 2 amide bonds. The maximum absolute atomic E-state index is 11.9. The number of carbonyl (C=O) groups excluding carboxylic acids is 2. The summed E-state index contributed by atoms with van der Waals surface area (Å²) in [5.41, 5.74) is -0.892. The molecule has 3 aliphatic heterocycles. The van der Waals surface area contributed by atoms with E-state index >= 15 is 0 Å². The van der Waals surface area contributed by atoms with Gasteiger partial charge in [-0.1, -0.05) is 0 Å². The van der Waals surface area contributed by atoms with Gasteiger partial charge in [0.1, 0.15) is 0 Å². The Morgan fingerprint density at radius 1 is 1.17 bits per heavy atom. The average Bonchev–Trinajstić information content (AvgIpc) is 2.70. The second kappa shape index (κ2) is 9.18. The van der Waals surface area contributed by atoms with Crippen molar-refractivity contribution in [3.63, 3.8) is 0 Å². The van der Waals surface area contributed by atoms with E-state index in [9.17, 15) is 14.7 Å². The van der Waals surface area contributed by atoms with Crippen molar-refractivity contribution >= 4 is 12.0 Å². The number of likely N-dealkylation sites (tertiary alicyclic amines) is 2. The monoisotopic (exact) mass is 411 g/mol. The maximum Gasteiger partial charge on any atom is 0.409 e. The summed E-state index contributed by atoms with van der Waals surface area (Å²) in [5, 5.41) is 11.0. The van der Waals surface area contributed by atoms with Crippen LogP contribution in [0.3, 0.4) is 0 Å². The van der Waals surface area contributed by atoms with Crippen LogP contribution in [0.4, 0.5) is 4.79 Å². The molecule has 166 valence electrons. The predicted molar refractivity (Wildman–Crippen MR) is 109 cm³/mol. The highest BCUT2D eigenvalue weighted by atomic mass is 16.6. The first-order valence-corrected chi connectivity index (χ1v) is 11.0. The van der Waals surface area contributed by atoms with Crippen LogP contribution in [0.1, 0.15) is 52.4 Å². The molecule has 8 nitrogen and oxygen atoms in total. The van der Waals surface area contributed by atoms with Gasteiger partial charge >= 0.3 is 6.09 Å². The van der Waals surface area contributed by atoms with Crippen molar-refractivity contribution in [1.29, 1.82) is 0 Å². The SMILES string of the molecule is CCOC(=O)N1CCC(O)(CN2CCC3(CC2)C[C@H](N(C)C(C)=O)CCO3)CC1. The Labute approximate surface area is 174 Å². The van der Waals surface area contributed by atoms with Gasteiger partial charge in [-0.3, -0.25) is 4.79 Å². The number of hydrogen-bond donors (Lipinski definition) is 1. The minimum absolute atomic E-state index is 0.112. The summed E-state index contributed by atoms with van der Waals surface area (Å²) >= 11 is 0. The van der Waals surface area contributed by atoms with Crippen molar-refractivity contribution in [1.82, 2.24) is 14.7 Å². The molecule has 3 rings (SSSR count). The highest BCUT2D eigenvalue weighted by molar-refractivity contribution is 5.73. The molecule has 1 spiro atoms. The topological polar surface area (TPSA) is 82.5 Å². The number of nitrogens with zero attached hydrogens (tertiary/aromatic N) is 3. The Hall–Kier alpha value is -1.38. The van der Waals surface area contributed by atoms with Gasteiger partial charge in [-0.25, -0.2) is 4.79 Å². The zero-order valence-corrected chi connectivity index (χ0v) is 18.2. The third kappa shape index (κ3) is 5.41. The van der Waals surface area contributed by atoms with Crippen LogP contribution in [-0.4, -0.2) is 102 Å². The van der Waals surface area contributed by atoms with Crippen molar-refractivity contribution in [2.24, 2.45) is 0 Å². The third-order valence-electron chi connectivity index (χ3n) is 7.02. The standard InChI is InChI=1S/C21H37N3O5/c1-4-28-19(26)24-12-6-20(27,7-13-24)16-23-10-8-21(9-11-23)15-18(5-14-29-21)22(3)17(2)25/h18,27H,4-16H2,1-3H3/t18-/m1/s1. The fourth-order valence-corrected chi connectivity index (χ4v) is 4.95. The Kier molecular flexibility index (Phi) is 7.06. The molecule has 0 radical (unpaired) electrons. The molecular weight excluding hydrogens is 374 g/mol. The fraction of sp³-hybridized carbons (Fsp3) is 0.905. The first kappa shape index (κ1) is 22.3. The number of aliphatic hydroxyl groups is 1. The number of ether oxygens (including phenoxy) is 2. The number of β-amino-alcohol motifs (C(OH)–C–C–N with tert-alkyl or cyclic N) is 1. The average molecular weight is 412 g/mol. The van der Waals surface area contributed by atoms with Gasteiger partial charge in [0, 0.05) is 59.3 Å². The summed E-state index contributed by atoms with van der Waals surface area (Å²) < 4.78 is 11.3. The summed E-state index contributed by atoms with van der Waals surface area (Å²) in [6.45, 7) is 7.99. The predicted octanol–water partition coefficient (Wildman–Crippen LogP) is 1.46. The lowest BCUT2D eigenvalue weighted by Crippen LogP contribution is -2.57. The second-order valence-corrected chi connectivity index (χ2v) is 8.99. The van der Waals surface area contributed by atoms with Crippen molar-refractivity contribution in [3.8, 4) is 0 Å². The van der Waals surface area contributed by atoms with Gasteiger partial charge in [-0.2, -0.15) is 0 Å². The molecule has 0 aliphatic carbocycles. The Balaban J connectivity index is 1.47. The Morgan fingerprint density at radius 3 is 2.41 bits per heavy atom. The molecule has 0 saturated carbocycles. The van der Waals surface area contributed by atoms with Crippen LogP contribution in [-0.2, 0) is 14.3 Å². The van der Waals surface area contributed by atoms with Crippen LogP contribution in [0, 0.1) is 0 Å². The van der Waals surface area contributed by atoms with Gasteiger partial charge in [-0.15, -0.1) is 0 Å². The highest BCUT2D eigenvalue weighted by Crippen LogP contribution is 2.37. The van der Waals surface area contributed by atoms with E-state index in [1.807, 2.05) is 11.9 Å². The van der Waals surface area contributed by atoms with Crippen molar-refractivity contribution in [2.75, 3.05) is 53.0 Å². The maximum atomic E-state index is 11.9. The van der Waals surface area contributed by atoms with E-state index in [-0.39, 0.29) is 23.6 Å². The van der Waals surface area contributed by atoms with Crippen LogP contribution in [0.2, 0.25) is 0 Å². The molecule has 3 saturated heterocycles. The third-order valence-corrected chi connectivity index (χ3v) is 7.02. The number of rotatable bonds is 4. The highest BCUT2D eigenvalue weighted by Gasteiger charge is 2.43. The van der Waals surface area contributed by atoms with Crippen LogP contribution in [0.5, 0.6) is 0 Å². The van der Waals surface area contributed by atoms with E-state index in [1.54, 1.807) is 18.7 Å². The number of amides is 2. The molecule has 29 heavy (non-hydrogen) atoms. The summed E-state index contributed by atoms with van der Waals surface area (Å²) in [6.07, 6.45) is 4.54. The van der Waals surface area contributed by atoms with Gasteiger partial charge in [0.25, 0.3) is 0 Å². The van der Waals surface area contributed by atoms with Crippen LogP contribution < -0.4 is 0 Å². The number of piperidine rings is 2. The van der Waals surface area contributed by atoms with Crippen molar-refractivity contribution < 1.29 is 24.2 Å². The molecule has 3 heterocycles. The van der Waals surface area contributed by atoms with E-state index in [0.29, 0.717) is 45.7 Å². The molecular formula is C21H37N3O5. The lowest BCUT2D eigenvalue weighted by molar-refractivity contribution is -0.149. The molecule has 8 heteroatoms. The number of hydrogen-bond acceptors (Lipinski definition) is 6. The van der Waals surface area contributed by atoms with Crippen molar-refractivity contribution in [2.45, 2.75) is 69.6 Å². The normalized spacial score (nSPS) is 26.9. The van der Waals surface area contributed by atoms with Crippen LogP contribution in [0.25, 0.3) is 0 Å². The second-order valence-electron chi connectivity index (χ2n) is 8.99. The molecule has 1 atom stereocenters. The summed E-state index contributed by atoms with van der Waals surface area (Å²) in [7, 11) is 1.89. The van der Waals surface area contributed by atoms with Gasteiger partial charge in [-0.05, 0) is 45.4 Å². The number of carbonyl (C=O) groups is 2. The summed E-state index contributed by atoms with van der Waals surface area (Å²) in [4.78, 5) is 29.5. The Bertz CT molecular complexity index is 583. The van der Waals surface area contributed by atoms with Gasteiger partial charge in [0.2, 0.25) is 5.91 Å². The first-order valence-electron chi connectivity index (χ1n) is 11.0. The smallest absolute Gasteiger partial charge is 0.409 e. The van der Waals surface area contributed by atoms with E-state index < -0.39 is 5.60 Å². The molecule has 0 aromatic heterocycles. The minimum atomic E-state index is -0.752. The minimum Gasteiger partial charge on any atom is -0.450 e. The molecule has 0 aromatic carbocycles.